The van der Waals surface area contributed by atoms with Crippen LogP contribution in [0.15, 0.2) is 46.2 Å². The molecule has 2 aromatic rings. The Morgan fingerprint density at radius 2 is 1.10 bits per heavy atom. The summed E-state index contributed by atoms with van der Waals surface area (Å²) in [4.78, 5) is 23.0. The van der Waals surface area contributed by atoms with Crippen LogP contribution in [0.1, 0.15) is 34.6 Å². The molecule has 0 aliphatic rings. The number of rotatable bonds is 8. The highest BCUT2D eigenvalue weighted by Crippen LogP contribution is 2.26. The monoisotopic (exact) mass is 474 g/mol. The standard InChI is InChI=1S/C18H18O11S2/c1-3-27-11-5-7-13(15(9-11)30(21,22)23)17(19)29-18(20)14-8-6-12(28-4-2)10-16(14)31(24,25)26/h5-10H,3-4H2,1-2H3,(H,21,22,23)(H,24,25,26). The van der Waals surface area contributed by atoms with E-state index in [2.05, 4.69) is 4.74 Å². The van der Waals surface area contributed by atoms with Gasteiger partial charge in [0.2, 0.25) is 0 Å². The SMILES string of the molecule is CCOc1ccc(C(=O)OC(=O)c2ccc(OCC)cc2S(=O)(=O)O)c(S(=O)(=O)O)c1. The average molecular weight is 474 g/mol. The Morgan fingerprint density at radius 1 is 0.742 bits per heavy atom. The molecule has 0 atom stereocenters. The van der Waals surface area contributed by atoms with Crippen LogP contribution in [0.4, 0.5) is 0 Å². The van der Waals surface area contributed by atoms with Crippen molar-refractivity contribution < 1.29 is 49.7 Å². The first-order chi connectivity index (χ1) is 14.4. The molecule has 0 fully saturated rings. The van der Waals surface area contributed by atoms with E-state index in [0.29, 0.717) is 0 Å². The van der Waals surface area contributed by atoms with Gasteiger partial charge in [-0.05, 0) is 38.1 Å². The molecule has 0 aliphatic heterocycles. The van der Waals surface area contributed by atoms with Crippen LogP contribution >= 0.6 is 0 Å². The molecule has 31 heavy (non-hydrogen) atoms. The summed E-state index contributed by atoms with van der Waals surface area (Å²) in [6.45, 7) is 3.59. The summed E-state index contributed by atoms with van der Waals surface area (Å²) >= 11 is 0. The lowest BCUT2D eigenvalue weighted by atomic mass is 10.2. The van der Waals surface area contributed by atoms with Gasteiger partial charge in [0.05, 0.1) is 24.3 Å². The number of hydrogen-bond acceptors (Lipinski definition) is 9. The first kappa shape index (κ1) is 24.3. The molecular weight excluding hydrogens is 456 g/mol. The predicted molar refractivity (Wildman–Crippen MR) is 105 cm³/mol. The van der Waals surface area contributed by atoms with Gasteiger partial charge >= 0.3 is 11.9 Å². The summed E-state index contributed by atoms with van der Waals surface area (Å²) in [6.07, 6.45) is 0. The zero-order valence-corrected chi connectivity index (χ0v) is 17.9. The Bertz CT molecular complexity index is 1120. The van der Waals surface area contributed by atoms with E-state index < -0.39 is 53.1 Å². The van der Waals surface area contributed by atoms with Crippen molar-refractivity contribution in [3.8, 4) is 11.5 Å². The van der Waals surface area contributed by atoms with E-state index >= 15 is 0 Å². The van der Waals surface area contributed by atoms with Gasteiger partial charge in [-0.2, -0.15) is 16.8 Å². The third-order valence-corrected chi connectivity index (χ3v) is 5.50. The number of carbonyl (C=O) groups excluding carboxylic acids is 2. The summed E-state index contributed by atoms with van der Waals surface area (Å²) in [7, 11) is -9.82. The van der Waals surface area contributed by atoms with Crippen LogP contribution in [0.5, 0.6) is 11.5 Å². The third-order valence-electron chi connectivity index (χ3n) is 3.71. The number of carbonyl (C=O) groups is 2. The molecule has 0 bridgehead atoms. The van der Waals surface area contributed by atoms with Crippen LogP contribution in [0.25, 0.3) is 0 Å². The Labute approximate surface area is 178 Å². The van der Waals surface area contributed by atoms with Gasteiger partial charge in [-0.15, -0.1) is 0 Å². The summed E-state index contributed by atoms with van der Waals surface area (Å²) < 4.78 is 80.1. The van der Waals surface area contributed by atoms with E-state index in [-0.39, 0.29) is 24.7 Å². The molecule has 11 nitrogen and oxygen atoms in total. The maximum atomic E-state index is 12.4. The zero-order valence-electron chi connectivity index (χ0n) is 16.3. The van der Waals surface area contributed by atoms with E-state index in [9.17, 15) is 35.5 Å². The predicted octanol–water partition coefficient (Wildman–Crippen LogP) is 1.97. The maximum Gasteiger partial charge on any atom is 0.347 e. The second-order valence-electron chi connectivity index (χ2n) is 5.81. The molecule has 168 valence electrons. The second-order valence-corrected chi connectivity index (χ2v) is 8.59. The highest BCUT2D eigenvalue weighted by molar-refractivity contribution is 7.86. The van der Waals surface area contributed by atoms with Crippen LogP contribution in [0.3, 0.4) is 0 Å². The minimum Gasteiger partial charge on any atom is -0.494 e. The van der Waals surface area contributed by atoms with Gasteiger partial charge in [0.15, 0.2) is 0 Å². The average Bonchev–Trinajstić information content (AvgIpc) is 2.67. The molecule has 0 radical (unpaired) electrons. The largest absolute Gasteiger partial charge is 0.494 e. The summed E-state index contributed by atoms with van der Waals surface area (Å²) in [5.41, 5.74) is -1.39. The van der Waals surface area contributed by atoms with Crippen molar-refractivity contribution in [3.05, 3.63) is 47.5 Å². The first-order valence-electron chi connectivity index (χ1n) is 8.63. The first-order valence-corrected chi connectivity index (χ1v) is 11.5. The lowest BCUT2D eigenvalue weighted by Crippen LogP contribution is -2.18. The lowest BCUT2D eigenvalue weighted by Gasteiger charge is -2.11. The Kier molecular flexibility index (Phi) is 7.38. The van der Waals surface area contributed by atoms with E-state index in [4.69, 9.17) is 9.47 Å². The number of benzene rings is 2. The topological polar surface area (TPSA) is 171 Å². The van der Waals surface area contributed by atoms with Crippen LogP contribution in [-0.2, 0) is 25.0 Å². The van der Waals surface area contributed by atoms with E-state index in [1.165, 1.54) is 12.1 Å². The van der Waals surface area contributed by atoms with E-state index in [0.717, 1.165) is 24.3 Å². The van der Waals surface area contributed by atoms with Gasteiger partial charge < -0.3 is 14.2 Å². The molecule has 0 spiro atoms. The van der Waals surface area contributed by atoms with Gasteiger partial charge in [0.25, 0.3) is 20.2 Å². The van der Waals surface area contributed by atoms with Gasteiger partial charge in [0, 0.05) is 12.1 Å². The molecule has 0 aromatic heterocycles. The lowest BCUT2D eigenvalue weighted by molar-refractivity contribution is 0.0391. The number of ether oxygens (including phenoxy) is 3. The number of hydrogen-bond donors (Lipinski definition) is 2. The van der Waals surface area contributed by atoms with Crippen LogP contribution in [0.2, 0.25) is 0 Å². The molecule has 0 amide bonds. The molecule has 0 saturated carbocycles. The fourth-order valence-corrected chi connectivity index (χ4v) is 3.87. The van der Waals surface area contributed by atoms with E-state index in [1.807, 2.05) is 0 Å². The second kappa shape index (κ2) is 9.43. The molecule has 0 saturated heterocycles. The van der Waals surface area contributed by atoms with Gasteiger partial charge in [-0.25, -0.2) is 9.59 Å². The molecule has 2 aromatic carbocycles. The third kappa shape index (κ3) is 6.01. The molecule has 2 rings (SSSR count). The maximum absolute atomic E-state index is 12.4. The minimum atomic E-state index is -4.91. The van der Waals surface area contributed by atoms with Crippen LogP contribution < -0.4 is 9.47 Å². The highest BCUT2D eigenvalue weighted by Gasteiger charge is 2.28. The minimum absolute atomic E-state index is 0.0261. The van der Waals surface area contributed by atoms with Crippen LogP contribution in [-0.4, -0.2) is 51.1 Å². The summed E-state index contributed by atoms with van der Waals surface area (Å²) in [5, 5.41) is 0. The van der Waals surface area contributed by atoms with E-state index in [1.54, 1.807) is 13.8 Å². The smallest absolute Gasteiger partial charge is 0.347 e. The highest BCUT2D eigenvalue weighted by atomic mass is 32.2. The fourth-order valence-electron chi connectivity index (χ4n) is 2.48. The molecule has 0 heterocycles. The van der Waals surface area contributed by atoms with Crippen LogP contribution in [0, 0.1) is 0 Å². The molecular formula is C18H18O11S2. The summed E-state index contributed by atoms with van der Waals surface area (Å²) in [6, 6.07) is 6.04. The molecule has 13 heteroatoms. The Balaban J connectivity index is 2.45. The zero-order chi connectivity index (χ0) is 23.4. The quantitative estimate of drug-likeness (QED) is 0.325. The summed E-state index contributed by atoms with van der Waals surface area (Å²) in [5.74, 6) is -2.93. The van der Waals surface area contributed by atoms with Gasteiger partial charge in [-0.1, -0.05) is 0 Å². The van der Waals surface area contributed by atoms with Crippen molar-refractivity contribution in [2.75, 3.05) is 13.2 Å². The van der Waals surface area contributed by atoms with Gasteiger partial charge in [0.1, 0.15) is 21.3 Å². The van der Waals surface area contributed by atoms with Gasteiger partial charge in [-0.3, -0.25) is 9.11 Å². The Morgan fingerprint density at radius 3 is 1.39 bits per heavy atom. The van der Waals surface area contributed by atoms with Crippen molar-refractivity contribution in [2.45, 2.75) is 23.6 Å². The molecule has 0 aliphatic carbocycles. The Hall–Kier alpha value is -3.00. The number of esters is 2. The molecule has 2 N–H and O–H groups in total. The van der Waals surface area contributed by atoms with Crippen molar-refractivity contribution in [3.63, 3.8) is 0 Å². The van der Waals surface area contributed by atoms with Crippen molar-refractivity contribution in [1.29, 1.82) is 0 Å². The fraction of sp³-hybridized carbons (Fsp3) is 0.222. The normalized spacial score (nSPS) is 11.6. The van der Waals surface area contributed by atoms with Crippen molar-refractivity contribution in [2.24, 2.45) is 0 Å². The van der Waals surface area contributed by atoms with Crippen molar-refractivity contribution in [1.82, 2.24) is 0 Å². The molecule has 0 unspecified atom stereocenters. The van der Waals surface area contributed by atoms with Crippen molar-refractivity contribution >= 4 is 32.2 Å².